The molecule has 4 heteroatoms. The summed E-state index contributed by atoms with van der Waals surface area (Å²) in [5.74, 6) is 0.492. The van der Waals surface area contributed by atoms with Gasteiger partial charge in [-0.1, -0.05) is 13.3 Å². The molecule has 2 rings (SSSR count). The van der Waals surface area contributed by atoms with E-state index in [1.54, 1.807) is 6.92 Å². The Morgan fingerprint density at radius 2 is 2.14 bits per heavy atom. The number of carbonyl (C=O) groups excluding carboxylic acids is 1. The van der Waals surface area contributed by atoms with E-state index in [0.717, 1.165) is 24.7 Å². The fraction of sp³-hybridized carbons (Fsp3) is 0.588. The number of anilines is 2. The minimum absolute atomic E-state index is 0.335. The maximum Gasteiger partial charge on any atom is 0.340 e. The zero-order valence-corrected chi connectivity index (χ0v) is 13.1. The van der Waals surface area contributed by atoms with E-state index < -0.39 is 0 Å². The van der Waals surface area contributed by atoms with Crippen molar-refractivity contribution >= 4 is 17.3 Å². The van der Waals surface area contributed by atoms with Crippen LogP contribution in [0.5, 0.6) is 0 Å². The Morgan fingerprint density at radius 1 is 1.33 bits per heavy atom. The van der Waals surface area contributed by atoms with Crippen molar-refractivity contribution in [2.45, 2.75) is 39.5 Å². The summed E-state index contributed by atoms with van der Waals surface area (Å²) in [6, 6.07) is 5.69. The number of nitrogen functional groups attached to an aromatic ring is 1. The van der Waals surface area contributed by atoms with Crippen LogP contribution in [0.25, 0.3) is 0 Å². The summed E-state index contributed by atoms with van der Waals surface area (Å²) >= 11 is 0. The van der Waals surface area contributed by atoms with Gasteiger partial charge in [-0.2, -0.15) is 0 Å². The molecule has 21 heavy (non-hydrogen) atoms. The second-order valence-corrected chi connectivity index (χ2v) is 5.68. The summed E-state index contributed by atoms with van der Waals surface area (Å²) in [4.78, 5) is 14.3. The van der Waals surface area contributed by atoms with E-state index in [1.807, 2.05) is 18.2 Å². The van der Waals surface area contributed by atoms with Crippen molar-refractivity contribution in [3.05, 3.63) is 23.8 Å². The van der Waals surface area contributed by atoms with E-state index >= 15 is 0 Å². The fourth-order valence-corrected chi connectivity index (χ4v) is 2.96. The van der Waals surface area contributed by atoms with Gasteiger partial charge in [-0.3, -0.25) is 0 Å². The Balaban J connectivity index is 2.16. The van der Waals surface area contributed by atoms with Gasteiger partial charge >= 0.3 is 5.97 Å². The molecule has 0 bridgehead atoms. The topological polar surface area (TPSA) is 55.6 Å². The number of hydrogen-bond donors (Lipinski definition) is 1. The summed E-state index contributed by atoms with van der Waals surface area (Å²) < 4.78 is 5.07. The molecule has 0 amide bonds. The van der Waals surface area contributed by atoms with Crippen LogP contribution in [0.2, 0.25) is 0 Å². The van der Waals surface area contributed by atoms with Crippen molar-refractivity contribution in [3.8, 4) is 0 Å². The molecule has 0 aromatic heterocycles. The lowest BCUT2D eigenvalue weighted by molar-refractivity contribution is 0.0527. The van der Waals surface area contributed by atoms with Gasteiger partial charge in [0.1, 0.15) is 0 Å². The molecule has 1 aromatic carbocycles. The van der Waals surface area contributed by atoms with Crippen molar-refractivity contribution in [2.75, 3.05) is 30.3 Å². The van der Waals surface area contributed by atoms with E-state index in [9.17, 15) is 4.79 Å². The van der Waals surface area contributed by atoms with Crippen LogP contribution in [0.15, 0.2) is 18.2 Å². The second-order valence-electron chi connectivity index (χ2n) is 5.68. The van der Waals surface area contributed by atoms with Gasteiger partial charge in [0.25, 0.3) is 0 Å². The predicted molar refractivity (Wildman–Crippen MR) is 86.7 cm³/mol. The first-order valence-electron chi connectivity index (χ1n) is 7.97. The van der Waals surface area contributed by atoms with E-state index in [0.29, 0.717) is 17.9 Å². The van der Waals surface area contributed by atoms with Gasteiger partial charge in [-0.15, -0.1) is 0 Å². The number of ether oxygens (including phenoxy) is 1. The molecule has 0 saturated carbocycles. The number of hydrogen-bond acceptors (Lipinski definition) is 4. The smallest absolute Gasteiger partial charge is 0.340 e. The molecule has 1 aliphatic rings. The summed E-state index contributed by atoms with van der Waals surface area (Å²) in [5, 5.41) is 0. The van der Waals surface area contributed by atoms with E-state index in [-0.39, 0.29) is 5.97 Å². The van der Waals surface area contributed by atoms with E-state index in [1.165, 1.54) is 25.7 Å². The molecule has 0 radical (unpaired) electrons. The molecule has 1 saturated heterocycles. The van der Waals surface area contributed by atoms with Crippen molar-refractivity contribution in [1.82, 2.24) is 0 Å². The quantitative estimate of drug-likeness (QED) is 0.681. The molecule has 1 aliphatic heterocycles. The summed E-state index contributed by atoms with van der Waals surface area (Å²) in [5.41, 5.74) is 7.94. The van der Waals surface area contributed by atoms with Crippen LogP contribution < -0.4 is 10.6 Å². The predicted octanol–water partition coefficient (Wildman–Crippen LogP) is 3.46. The van der Waals surface area contributed by atoms with Gasteiger partial charge in [-0.05, 0) is 50.3 Å². The molecule has 116 valence electrons. The van der Waals surface area contributed by atoms with Gasteiger partial charge in [-0.25, -0.2) is 4.79 Å². The number of nitrogens with two attached hydrogens (primary N) is 1. The Hall–Kier alpha value is -1.71. The third kappa shape index (κ3) is 3.90. The molecule has 1 unspecified atom stereocenters. The zero-order chi connectivity index (χ0) is 15.2. The van der Waals surface area contributed by atoms with E-state index in [2.05, 4.69) is 11.8 Å². The molecule has 2 N–H and O–H groups in total. The number of rotatable bonds is 4. The van der Waals surface area contributed by atoms with Gasteiger partial charge in [0, 0.05) is 24.5 Å². The first-order chi connectivity index (χ1) is 10.2. The minimum atomic E-state index is -0.335. The fourth-order valence-electron chi connectivity index (χ4n) is 2.96. The molecule has 0 spiro atoms. The maximum absolute atomic E-state index is 11.9. The van der Waals surface area contributed by atoms with Gasteiger partial charge in [0.2, 0.25) is 0 Å². The lowest BCUT2D eigenvalue weighted by Gasteiger charge is -2.23. The summed E-state index contributed by atoms with van der Waals surface area (Å²) in [6.45, 7) is 6.53. The highest BCUT2D eigenvalue weighted by Crippen LogP contribution is 2.27. The molecular formula is C17H26N2O2. The van der Waals surface area contributed by atoms with Gasteiger partial charge < -0.3 is 15.4 Å². The number of benzene rings is 1. The summed E-state index contributed by atoms with van der Waals surface area (Å²) in [6.07, 6.45) is 4.98. The Bertz CT molecular complexity index is 488. The monoisotopic (exact) mass is 290 g/mol. The van der Waals surface area contributed by atoms with Crippen LogP contribution in [0, 0.1) is 5.92 Å². The van der Waals surface area contributed by atoms with Crippen molar-refractivity contribution in [3.63, 3.8) is 0 Å². The second kappa shape index (κ2) is 7.34. The highest BCUT2D eigenvalue weighted by Gasteiger charge is 2.18. The highest BCUT2D eigenvalue weighted by atomic mass is 16.5. The van der Waals surface area contributed by atoms with Crippen molar-refractivity contribution < 1.29 is 9.53 Å². The standard InChI is InChI=1S/C17H26N2O2/c1-3-13-6-5-10-19(11-9-13)14-7-8-16(18)15(12-14)17(20)21-4-2/h7-8,12-13H,3-6,9-11,18H2,1-2H3. The van der Waals surface area contributed by atoms with Crippen LogP contribution in [-0.4, -0.2) is 25.7 Å². The molecule has 4 nitrogen and oxygen atoms in total. The minimum Gasteiger partial charge on any atom is -0.462 e. The Labute approximate surface area is 127 Å². The number of esters is 1. The molecule has 1 heterocycles. The third-order valence-corrected chi connectivity index (χ3v) is 4.32. The molecular weight excluding hydrogens is 264 g/mol. The van der Waals surface area contributed by atoms with Crippen molar-refractivity contribution in [1.29, 1.82) is 0 Å². The van der Waals surface area contributed by atoms with Crippen LogP contribution in [0.4, 0.5) is 11.4 Å². The number of carbonyl (C=O) groups is 1. The van der Waals surface area contributed by atoms with Crippen LogP contribution >= 0.6 is 0 Å². The third-order valence-electron chi connectivity index (χ3n) is 4.32. The first-order valence-corrected chi connectivity index (χ1v) is 7.97. The highest BCUT2D eigenvalue weighted by molar-refractivity contribution is 5.96. The maximum atomic E-state index is 11.9. The largest absolute Gasteiger partial charge is 0.462 e. The van der Waals surface area contributed by atoms with Crippen LogP contribution in [-0.2, 0) is 4.74 Å². The van der Waals surface area contributed by atoms with Crippen LogP contribution in [0.1, 0.15) is 49.9 Å². The van der Waals surface area contributed by atoms with Gasteiger partial charge in [0.15, 0.2) is 0 Å². The van der Waals surface area contributed by atoms with Gasteiger partial charge in [0.05, 0.1) is 12.2 Å². The molecule has 1 atom stereocenters. The zero-order valence-electron chi connectivity index (χ0n) is 13.1. The normalized spacial score (nSPS) is 19.1. The first kappa shape index (κ1) is 15.7. The average molecular weight is 290 g/mol. The Morgan fingerprint density at radius 3 is 2.86 bits per heavy atom. The van der Waals surface area contributed by atoms with Crippen LogP contribution in [0.3, 0.4) is 0 Å². The molecule has 1 fully saturated rings. The molecule has 0 aliphatic carbocycles. The SMILES string of the molecule is CCOC(=O)c1cc(N2CCCC(CC)CC2)ccc1N. The average Bonchev–Trinajstić information content (AvgIpc) is 2.73. The lowest BCUT2D eigenvalue weighted by Crippen LogP contribution is -2.24. The van der Waals surface area contributed by atoms with Crippen molar-refractivity contribution in [2.24, 2.45) is 5.92 Å². The number of nitrogens with zero attached hydrogens (tertiary/aromatic N) is 1. The van der Waals surface area contributed by atoms with E-state index in [4.69, 9.17) is 10.5 Å². The summed E-state index contributed by atoms with van der Waals surface area (Å²) in [7, 11) is 0. The lowest BCUT2D eigenvalue weighted by atomic mass is 9.98. The Kier molecular flexibility index (Phi) is 5.48. The molecule has 1 aromatic rings.